The van der Waals surface area contributed by atoms with Crippen LogP contribution in [0.4, 0.5) is 10.1 Å². The Kier molecular flexibility index (Phi) is 6.96. The lowest BCUT2D eigenvalue weighted by Gasteiger charge is -2.22. The predicted octanol–water partition coefficient (Wildman–Crippen LogP) is 3.27. The molecule has 1 aromatic carbocycles. The van der Waals surface area contributed by atoms with Crippen molar-refractivity contribution in [2.24, 2.45) is 5.92 Å². The van der Waals surface area contributed by atoms with Crippen molar-refractivity contribution in [3.05, 3.63) is 29.6 Å². The van der Waals surface area contributed by atoms with Crippen molar-refractivity contribution < 1.29 is 9.18 Å². The van der Waals surface area contributed by atoms with Gasteiger partial charge in [-0.2, -0.15) is 0 Å². The summed E-state index contributed by atoms with van der Waals surface area (Å²) in [6.07, 6.45) is 3.72. The zero-order valence-corrected chi connectivity index (χ0v) is 12.6. The first-order valence-corrected chi connectivity index (χ1v) is 6.91. The van der Waals surface area contributed by atoms with Crippen molar-refractivity contribution in [1.29, 1.82) is 0 Å². The van der Waals surface area contributed by atoms with E-state index in [1.807, 2.05) is 6.92 Å². The summed E-state index contributed by atoms with van der Waals surface area (Å²) in [5.74, 6) is 0.304. The van der Waals surface area contributed by atoms with E-state index in [1.54, 1.807) is 6.07 Å². The summed E-state index contributed by atoms with van der Waals surface area (Å²) in [6, 6.07) is 4.59. The number of carbonyl (C=O) groups excluding carboxylic acids is 1. The van der Waals surface area contributed by atoms with Gasteiger partial charge in [-0.15, -0.1) is 12.4 Å². The van der Waals surface area contributed by atoms with Crippen molar-refractivity contribution in [3.63, 3.8) is 0 Å². The van der Waals surface area contributed by atoms with E-state index in [2.05, 4.69) is 10.6 Å². The Hall–Kier alpha value is -1.13. The number of amides is 1. The number of carbonyl (C=O) groups is 1. The molecule has 1 fully saturated rings. The summed E-state index contributed by atoms with van der Waals surface area (Å²) in [4.78, 5) is 11.8. The second-order valence-electron chi connectivity index (χ2n) is 5.30. The number of halogens is 2. The number of nitrogens with one attached hydrogen (secondary N) is 2. The molecular weight excluding hydrogens is 279 g/mol. The molecule has 1 heterocycles. The maximum absolute atomic E-state index is 13.2. The molecule has 1 aromatic rings. The van der Waals surface area contributed by atoms with E-state index >= 15 is 0 Å². The topological polar surface area (TPSA) is 41.1 Å². The molecule has 0 unspecified atom stereocenters. The van der Waals surface area contributed by atoms with Crippen LogP contribution < -0.4 is 10.6 Å². The lowest BCUT2D eigenvalue weighted by molar-refractivity contribution is -0.116. The Morgan fingerprint density at radius 2 is 2.05 bits per heavy atom. The molecule has 0 bridgehead atoms. The molecule has 1 aliphatic rings. The van der Waals surface area contributed by atoms with Crippen LogP contribution in [0.1, 0.15) is 31.2 Å². The monoisotopic (exact) mass is 300 g/mol. The third kappa shape index (κ3) is 5.47. The smallest absolute Gasteiger partial charge is 0.224 e. The summed E-state index contributed by atoms with van der Waals surface area (Å²) in [6.45, 7) is 3.92. The van der Waals surface area contributed by atoms with Crippen LogP contribution in [0.2, 0.25) is 0 Å². The molecule has 2 rings (SSSR count). The van der Waals surface area contributed by atoms with Crippen molar-refractivity contribution in [2.75, 3.05) is 18.4 Å². The van der Waals surface area contributed by atoms with Gasteiger partial charge in [0.2, 0.25) is 5.91 Å². The van der Waals surface area contributed by atoms with Gasteiger partial charge < -0.3 is 10.6 Å². The van der Waals surface area contributed by atoms with Gasteiger partial charge in [-0.05, 0) is 69.0 Å². The first kappa shape index (κ1) is 16.9. The maximum atomic E-state index is 13.2. The highest BCUT2D eigenvalue weighted by molar-refractivity contribution is 5.90. The van der Waals surface area contributed by atoms with E-state index in [0.717, 1.165) is 37.9 Å². The van der Waals surface area contributed by atoms with Crippen molar-refractivity contribution >= 4 is 24.0 Å². The molecule has 5 heteroatoms. The highest BCUT2D eigenvalue weighted by Crippen LogP contribution is 2.19. The predicted molar refractivity (Wildman–Crippen MR) is 81.8 cm³/mol. The van der Waals surface area contributed by atoms with Gasteiger partial charge in [0.15, 0.2) is 0 Å². The van der Waals surface area contributed by atoms with Crippen LogP contribution in [0.15, 0.2) is 18.2 Å². The molecule has 112 valence electrons. The van der Waals surface area contributed by atoms with E-state index in [1.165, 1.54) is 12.1 Å². The molecule has 1 aliphatic heterocycles. The first-order valence-electron chi connectivity index (χ1n) is 6.91. The maximum Gasteiger partial charge on any atom is 0.224 e. The van der Waals surface area contributed by atoms with Crippen LogP contribution in [0, 0.1) is 18.7 Å². The summed E-state index contributed by atoms with van der Waals surface area (Å²) >= 11 is 0. The van der Waals surface area contributed by atoms with E-state index in [4.69, 9.17) is 0 Å². The van der Waals surface area contributed by atoms with Crippen LogP contribution in [-0.4, -0.2) is 19.0 Å². The van der Waals surface area contributed by atoms with E-state index < -0.39 is 0 Å². The fourth-order valence-electron chi connectivity index (χ4n) is 2.54. The summed E-state index contributed by atoms with van der Waals surface area (Å²) < 4.78 is 13.2. The molecule has 0 spiro atoms. The van der Waals surface area contributed by atoms with Gasteiger partial charge in [-0.1, -0.05) is 0 Å². The van der Waals surface area contributed by atoms with Crippen LogP contribution in [0.25, 0.3) is 0 Å². The molecular formula is C15H22ClFN2O. The van der Waals surface area contributed by atoms with Crippen molar-refractivity contribution in [2.45, 2.75) is 32.6 Å². The minimum absolute atomic E-state index is 0. The van der Waals surface area contributed by atoms with E-state index in [0.29, 0.717) is 18.0 Å². The van der Waals surface area contributed by atoms with Crippen LogP contribution in [-0.2, 0) is 4.79 Å². The fourth-order valence-corrected chi connectivity index (χ4v) is 2.54. The van der Waals surface area contributed by atoms with Gasteiger partial charge >= 0.3 is 0 Å². The van der Waals surface area contributed by atoms with Gasteiger partial charge in [-0.25, -0.2) is 4.39 Å². The molecule has 20 heavy (non-hydrogen) atoms. The number of piperidine rings is 1. The molecule has 0 atom stereocenters. The second kappa shape index (κ2) is 8.22. The minimum atomic E-state index is -0.311. The molecule has 0 aromatic heterocycles. The van der Waals surface area contributed by atoms with Crippen LogP contribution in [0.5, 0.6) is 0 Å². The standard InChI is InChI=1S/C15H21FN2O.ClH/c1-11-8-13(16)10-14(9-11)18-15(19)3-2-12-4-6-17-7-5-12;/h8-10,12,17H,2-7H2,1H3,(H,18,19);1H. The SMILES string of the molecule is Cc1cc(F)cc(NC(=O)CCC2CCNCC2)c1.Cl. The Morgan fingerprint density at radius 1 is 1.35 bits per heavy atom. The number of hydrogen-bond donors (Lipinski definition) is 2. The number of hydrogen-bond acceptors (Lipinski definition) is 2. The van der Waals surface area contributed by atoms with Crippen molar-refractivity contribution in [1.82, 2.24) is 5.32 Å². The lowest BCUT2D eigenvalue weighted by atomic mass is 9.93. The molecule has 2 N–H and O–H groups in total. The number of rotatable bonds is 4. The summed E-state index contributed by atoms with van der Waals surface area (Å²) in [5, 5.41) is 6.08. The largest absolute Gasteiger partial charge is 0.326 e. The van der Waals surface area contributed by atoms with Gasteiger partial charge in [-0.3, -0.25) is 4.79 Å². The van der Waals surface area contributed by atoms with E-state index in [-0.39, 0.29) is 24.1 Å². The summed E-state index contributed by atoms with van der Waals surface area (Å²) in [7, 11) is 0. The fraction of sp³-hybridized carbons (Fsp3) is 0.533. The molecule has 0 radical (unpaired) electrons. The van der Waals surface area contributed by atoms with Gasteiger partial charge in [0, 0.05) is 12.1 Å². The Balaban J connectivity index is 0.00000200. The Morgan fingerprint density at radius 3 is 2.70 bits per heavy atom. The third-order valence-electron chi connectivity index (χ3n) is 3.56. The lowest BCUT2D eigenvalue weighted by Crippen LogP contribution is -2.28. The Labute approximate surface area is 125 Å². The number of anilines is 1. The Bertz CT molecular complexity index is 427. The van der Waals surface area contributed by atoms with Gasteiger partial charge in [0.05, 0.1) is 0 Å². The molecule has 3 nitrogen and oxygen atoms in total. The summed E-state index contributed by atoms with van der Waals surface area (Å²) in [5.41, 5.74) is 1.36. The van der Waals surface area contributed by atoms with Crippen LogP contribution >= 0.6 is 12.4 Å². The quantitative estimate of drug-likeness (QED) is 0.896. The highest BCUT2D eigenvalue weighted by Gasteiger charge is 2.14. The zero-order valence-electron chi connectivity index (χ0n) is 11.7. The normalized spacial score (nSPS) is 15.5. The third-order valence-corrected chi connectivity index (χ3v) is 3.56. The first-order chi connectivity index (χ1) is 9.13. The van der Waals surface area contributed by atoms with Crippen LogP contribution in [0.3, 0.4) is 0 Å². The molecule has 0 aliphatic carbocycles. The molecule has 0 saturated carbocycles. The van der Waals surface area contributed by atoms with E-state index in [9.17, 15) is 9.18 Å². The van der Waals surface area contributed by atoms with Gasteiger partial charge in [0.25, 0.3) is 0 Å². The van der Waals surface area contributed by atoms with Gasteiger partial charge in [0.1, 0.15) is 5.82 Å². The average molecular weight is 301 g/mol. The second-order valence-corrected chi connectivity index (χ2v) is 5.30. The minimum Gasteiger partial charge on any atom is -0.326 e. The molecule has 1 amide bonds. The highest BCUT2D eigenvalue weighted by atomic mass is 35.5. The average Bonchev–Trinajstić information content (AvgIpc) is 2.36. The zero-order chi connectivity index (χ0) is 13.7. The number of benzene rings is 1. The molecule has 1 saturated heterocycles. The number of aryl methyl sites for hydroxylation is 1. The van der Waals surface area contributed by atoms with Crippen molar-refractivity contribution in [3.8, 4) is 0 Å².